The summed E-state index contributed by atoms with van der Waals surface area (Å²) in [4.78, 5) is 18.7. The highest BCUT2D eigenvalue weighted by molar-refractivity contribution is 7.99. The Morgan fingerprint density at radius 3 is 2.77 bits per heavy atom. The molecule has 1 heterocycles. The molecule has 0 saturated carbocycles. The number of benzene rings is 2. The van der Waals surface area contributed by atoms with Crippen molar-refractivity contribution in [2.75, 3.05) is 17.2 Å². The first-order chi connectivity index (χ1) is 12.7. The Morgan fingerprint density at radius 2 is 2.04 bits per heavy atom. The van der Waals surface area contributed by atoms with Gasteiger partial charge in [-0.2, -0.15) is 0 Å². The average molecular weight is 367 g/mol. The lowest BCUT2D eigenvalue weighted by Crippen LogP contribution is -2.32. The molecule has 0 saturated heterocycles. The van der Waals surface area contributed by atoms with Crippen molar-refractivity contribution < 1.29 is 9.18 Å². The van der Waals surface area contributed by atoms with Crippen LogP contribution in [0, 0.1) is 5.82 Å². The molecule has 0 aliphatic rings. The number of imidazole rings is 1. The van der Waals surface area contributed by atoms with E-state index in [1.165, 1.54) is 23.9 Å². The van der Waals surface area contributed by atoms with E-state index in [1.807, 2.05) is 30.3 Å². The third-order valence-electron chi connectivity index (χ3n) is 3.70. The molecule has 4 nitrogen and oxygen atoms in total. The van der Waals surface area contributed by atoms with Gasteiger partial charge in [0.1, 0.15) is 5.82 Å². The monoisotopic (exact) mass is 367 g/mol. The zero-order valence-corrected chi connectivity index (χ0v) is 14.9. The molecule has 0 aliphatic heterocycles. The molecule has 0 fully saturated rings. The lowest BCUT2D eigenvalue weighted by atomic mass is 10.3. The van der Waals surface area contributed by atoms with Crippen LogP contribution in [0.3, 0.4) is 0 Å². The van der Waals surface area contributed by atoms with Crippen LogP contribution in [0.15, 0.2) is 84.8 Å². The Bertz CT molecular complexity index is 895. The molecule has 2 aromatic carbocycles. The largest absolute Gasteiger partial charge is 0.308 e. The van der Waals surface area contributed by atoms with Gasteiger partial charge >= 0.3 is 0 Å². The predicted octanol–water partition coefficient (Wildman–Crippen LogP) is 4.32. The van der Waals surface area contributed by atoms with Crippen LogP contribution in [0.2, 0.25) is 0 Å². The Balaban J connectivity index is 1.73. The highest BCUT2D eigenvalue weighted by Gasteiger charge is 2.16. The van der Waals surface area contributed by atoms with Crippen LogP contribution >= 0.6 is 11.8 Å². The van der Waals surface area contributed by atoms with Crippen LogP contribution in [0.25, 0.3) is 5.69 Å². The van der Waals surface area contributed by atoms with Crippen molar-refractivity contribution in [3.63, 3.8) is 0 Å². The molecule has 6 heteroatoms. The summed E-state index contributed by atoms with van der Waals surface area (Å²) in [7, 11) is 0. The molecule has 0 N–H and O–H groups in total. The van der Waals surface area contributed by atoms with E-state index in [1.54, 1.807) is 40.1 Å². The van der Waals surface area contributed by atoms with Crippen molar-refractivity contribution in [1.82, 2.24) is 9.55 Å². The highest BCUT2D eigenvalue weighted by Crippen LogP contribution is 2.22. The highest BCUT2D eigenvalue weighted by atomic mass is 32.2. The van der Waals surface area contributed by atoms with Crippen LogP contribution in [-0.2, 0) is 4.79 Å². The van der Waals surface area contributed by atoms with E-state index in [0.29, 0.717) is 17.4 Å². The fourth-order valence-corrected chi connectivity index (χ4v) is 3.36. The quantitative estimate of drug-likeness (QED) is 0.461. The number of thioether (sulfide) groups is 1. The minimum absolute atomic E-state index is 0.0464. The van der Waals surface area contributed by atoms with Gasteiger partial charge in [-0.15, -0.1) is 6.58 Å². The number of rotatable bonds is 7. The van der Waals surface area contributed by atoms with Crippen molar-refractivity contribution in [1.29, 1.82) is 0 Å². The standard InChI is InChI=1S/C20H18FN3OS/c1-2-12-23(17-8-4-3-5-9-17)19(25)15-26-20-22-11-13-24(20)18-10-6-7-16(21)14-18/h2-11,13-14H,1,12,15H2. The predicted molar refractivity (Wildman–Crippen MR) is 103 cm³/mol. The van der Waals surface area contributed by atoms with Crippen molar-refractivity contribution in [2.45, 2.75) is 5.16 Å². The average Bonchev–Trinajstić information content (AvgIpc) is 3.13. The zero-order valence-electron chi connectivity index (χ0n) is 14.1. The molecule has 0 bridgehead atoms. The molecular weight excluding hydrogens is 349 g/mol. The van der Waals surface area contributed by atoms with E-state index in [2.05, 4.69) is 11.6 Å². The second-order valence-corrected chi connectivity index (χ2v) is 6.42. The lowest BCUT2D eigenvalue weighted by molar-refractivity contribution is -0.116. The number of hydrogen-bond donors (Lipinski definition) is 0. The third kappa shape index (κ3) is 4.21. The Kier molecular flexibility index (Phi) is 5.86. The molecular formula is C20H18FN3OS. The van der Waals surface area contributed by atoms with Gasteiger partial charge in [0, 0.05) is 24.6 Å². The molecule has 0 spiro atoms. The fourth-order valence-electron chi connectivity index (χ4n) is 2.51. The van der Waals surface area contributed by atoms with Gasteiger partial charge in [-0.1, -0.05) is 42.1 Å². The normalized spacial score (nSPS) is 10.5. The Morgan fingerprint density at radius 1 is 1.23 bits per heavy atom. The van der Waals surface area contributed by atoms with E-state index >= 15 is 0 Å². The smallest absolute Gasteiger partial charge is 0.237 e. The number of carbonyl (C=O) groups excluding carboxylic acids is 1. The Hall–Kier alpha value is -2.86. The number of carbonyl (C=O) groups is 1. The number of hydrogen-bond acceptors (Lipinski definition) is 3. The lowest BCUT2D eigenvalue weighted by Gasteiger charge is -2.21. The van der Waals surface area contributed by atoms with Gasteiger partial charge < -0.3 is 4.90 Å². The summed E-state index contributed by atoms with van der Waals surface area (Å²) >= 11 is 1.32. The molecule has 3 rings (SSSR count). The van der Waals surface area contributed by atoms with Gasteiger partial charge in [-0.3, -0.25) is 9.36 Å². The number of nitrogens with zero attached hydrogens (tertiary/aromatic N) is 3. The maximum atomic E-state index is 13.5. The molecule has 0 atom stereocenters. The molecule has 0 radical (unpaired) electrons. The number of halogens is 1. The Labute approximate surface area is 156 Å². The summed E-state index contributed by atoms with van der Waals surface area (Å²) in [5.41, 5.74) is 1.50. The maximum Gasteiger partial charge on any atom is 0.237 e. The van der Waals surface area contributed by atoms with Gasteiger partial charge in [-0.25, -0.2) is 9.37 Å². The second kappa shape index (κ2) is 8.49. The summed E-state index contributed by atoms with van der Waals surface area (Å²) in [5, 5.41) is 0.635. The second-order valence-electron chi connectivity index (χ2n) is 5.48. The molecule has 1 amide bonds. The van der Waals surface area contributed by atoms with Gasteiger partial charge in [0.25, 0.3) is 0 Å². The molecule has 3 aromatic rings. The number of aromatic nitrogens is 2. The van der Waals surface area contributed by atoms with Crippen molar-refractivity contribution >= 4 is 23.4 Å². The third-order valence-corrected chi connectivity index (χ3v) is 4.65. The van der Waals surface area contributed by atoms with Crippen LogP contribution in [0.4, 0.5) is 10.1 Å². The zero-order chi connectivity index (χ0) is 18.4. The first kappa shape index (κ1) is 17.9. The minimum atomic E-state index is -0.315. The first-order valence-electron chi connectivity index (χ1n) is 8.07. The van der Waals surface area contributed by atoms with E-state index in [4.69, 9.17) is 0 Å². The van der Waals surface area contributed by atoms with Gasteiger partial charge in [0.15, 0.2) is 5.16 Å². The van der Waals surface area contributed by atoms with E-state index < -0.39 is 0 Å². The number of amides is 1. The summed E-state index contributed by atoms with van der Waals surface area (Å²) in [6, 6.07) is 15.7. The topological polar surface area (TPSA) is 38.1 Å². The van der Waals surface area contributed by atoms with Gasteiger partial charge in [-0.05, 0) is 30.3 Å². The van der Waals surface area contributed by atoms with Crippen LogP contribution in [0.1, 0.15) is 0 Å². The maximum absolute atomic E-state index is 13.5. The van der Waals surface area contributed by atoms with Crippen LogP contribution in [-0.4, -0.2) is 27.8 Å². The number of para-hydroxylation sites is 1. The van der Waals surface area contributed by atoms with Gasteiger partial charge in [0.2, 0.25) is 5.91 Å². The van der Waals surface area contributed by atoms with E-state index in [-0.39, 0.29) is 17.5 Å². The molecule has 0 aliphatic carbocycles. The van der Waals surface area contributed by atoms with E-state index in [0.717, 1.165) is 5.69 Å². The van der Waals surface area contributed by atoms with Crippen molar-refractivity contribution in [3.05, 3.63) is 85.5 Å². The first-order valence-corrected chi connectivity index (χ1v) is 9.06. The molecule has 0 unspecified atom stereocenters. The summed E-state index contributed by atoms with van der Waals surface area (Å²) in [6.07, 6.45) is 5.08. The minimum Gasteiger partial charge on any atom is -0.308 e. The SMILES string of the molecule is C=CCN(C(=O)CSc1nccn1-c1cccc(F)c1)c1ccccc1. The van der Waals surface area contributed by atoms with Gasteiger partial charge in [0.05, 0.1) is 11.4 Å². The summed E-state index contributed by atoms with van der Waals surface area (Å²) < 4.78 is 15.2. The van der Waals surface area contributed by atoms with Crippen LogP contribution in [0.5, 0.6) is 0 Å². The van der Waals surface area contributed by atoms with E-state index in [9.17, 15) is 9.18 Å². The summed E-state index contributed by atoms with van der Waals surface area (Å²) in [6.45, 7) is 4.16. The number of anilines is 1. The van der Waals surface area contributed by atoms with Crippen LogP contribution < -0.4 is 4.90 Å². The summed E-state index contributed by atoms with van der Waals surface area (Å²) in [5.74, 6) is -0.144. The fraction of sp³-hybridized carbons (Fsp3) is 0.100. The van der Waals surface area contributed by atoms with Crippen molar-refractivity contribution in [3.8, 4) is 5.69 Å². The molecule has 26 heavy (non-hydrogen) atoms. The molecule has 132 valence electrons. The van der Waals surface area contributed by atoms with Crippen molar-refractivity contribution in [2.24, 2.45) is 0 Å². The molecule has 1 aromatic heterocycles.